The van der Waals surface area contributed by atoms with E-state index in [4.69, 9.17) is 0 Å². The summed E-state index contributed by atoms with van der Waals surface area (Å²) in [5.74, 6) is -0.150. The van der Waals surface area contributed by atoms with Crippen molar-refractivity contribution >= 4 is 5.78 Å². The maximum atomic E-state index is 11.6. The maximum absolute atomic E-state index is 11.6. The van der Waals surface area contributed by atoms with Crippen LogP contribution in [0.1, 0.15) is 47.8 Å². The number of Topliss-reactive ketones (excluding diaryl/α,β-unsaturated/α-hetero) is 1. The zero-order chi connectivity index (χ0) is 10.8. The van der Waals surface area contributed by atoms with Crippen molar-refractivity contribution in [2.45, 2.75) is 39.0 Å². The van der Waals surface area contributed by atoms with Crippen molar-refractivity contribution in [1.29, 1.82) is 0 Å². The molecule has 0 bridgehead atoms. The predicted molar refractivity (Wildman–Crippen MR) is 58.3 cm³/mol. The van der Waals surface area contributed by atoms with Crippen molar-refractivity contribution in [3.8, 4) is 0 Å². The number of aromatic nitrogens is 1. The van der Waals surface area contributed by atoms with Crippen LogP contribution in [-0.2, 0) is 12.8 Å². The lowest BCUT2D eigenvalue weighted by atomic mass is 10.0. The number of aryl methyl sites for hydroxylation is 2. The van der Waals surface area contributed by atoms with Crippen LogP contribution in [-0.4, -0.2) is 10.8 Å². The molecule has 80 valence electrons. The lowest BCUT2D eigenvalue weighted by Crippen LogP contribution is -2.19. The number of carbonyl (C=O) groups excluding carboxylic acids is 1. The average Bonchev–Trinajstić information content (AvgIpc) is 2.40. The third-order valence-electron chi connectivity index (χ3n) is 2.97. The number of ketones is 1. The summed E-state index contributed by atoms with van der Waals surface area (Å²) in [6.45, 7) is 1.44. The number of fused-ring (bicyclic) bond motifs is 1. The van der Waals surface area contributed by atoms with Crippen molar-refractivity contribution < 1.29 is 4.79 Å². The van der Waals surface area contributed by atoms with E-state index in [-0.39, 0.29) is 11.3 Å². The van der Waals surface area contributed by atoms with Gasteiger partial charge in [0.25, 0.3) is 5.56 Å². The summed E-state index contributed by atoms with van der Waals surface area (Å²) >= 11 is 0. The number of carbonyl (C=O) groups is 1. The van der Waals surface area contributed by atoms with Crippen molar-refractivity contribution in [2.24, 2.45) is 0 Å². The van der Waals surface area contributed by atoms with Crippen LogP contribution in [0.4, 0.5) is 0 Å². The molecule has 0 unspecified atom stereocenters. The van der Waals surface area contributed by atoms with Gasteiger partial charge in [0.15, 0.2) is 5.78 Å². The lowest BCUT2D eigenvalue weighted by molar-refractivity contribution is 0.101. The zero-order valence-corrected chi connectivity index (χ0v) is 8.93. The molecule has 3 heteroatoms. The predicted octanol–water partition coefficient (Wildman–Crippen LogP) is 1.85. The van der Waals surface area contributed by atoms with E-state index in [1.54, 1.807) is 6.07 Å². The lowest BCUT2D eigenvalue weighted by Gasteiger charge is -2.06. The van der Waals surface area contributed by atoms with Crippen molar-refractivity contribution in [2.75, 3.05) is 0 Å². The molecule has 0 radical (unpaired) electrons. The Morgan fingerprint density at radius 3 is 2.73 bits per heavy atom. The molecule has 1 aromatic rings. The Morgan fingerprint density at radius 2 is 2.00 bits per heavy atom. The van der Waals surface area contributed by atoms with Crippen LogP contribution in [0.25, 0.3) is 0 Å². The highest BCUT2D eigenvalue weighted by Gasteiger charge is 2.13. The van der Waals surface area contributed by atoms with E-state index in [2.05, 4.69) is 4.98 Å². The summed E-state index contributed by atoms with van der Waals surface area (Å²) in [6, 6.07) is 1.78. The van der Waals surface area contributed by atoms with Crippen molar-refractivity contribution in [3.63, 3.8) is 0 Å². The number of aromatic amines is 1. The van der Waals surface area contributed by atoms with Gasteiger partial charge in [0.2, 0.25) is 0 Å². The number of H-pyrrole nitrogens is 1. The van der Waals surface area contributed by atoms with Crippen molar-refractivity contribution in [1.82, 2.24) is 4.98 Å². The van der Waals surface area contributed by atoms with Gasteiger partial charge in [0.05, 0.1) is 5.56 Å². The highest BCUT2D eigenvalue weighted by molar-refractivity contribution is 5.93. The Kier molecular flexibility index (Phi) is 2.71. The van der Waals surface area contributed by atoms with Gasteiger partial charge in [0.1, 0.15) is 0 Å². The summed E-state index contributed by atoms with van der Waals surface area (Å²) in [6.07, 6.45) is 5.39. The fourth-order valence-electron chi connectivity index (χ4n) is 2.11. The van der Waals surface area contributed by atoms with Gasteiger partial charge in [0, 0.05) is 5.69 Å². The molecule has 0 saturated heterocycles. The van der Waals surface area contributed by atoms with Gasteiger partial charge in [-0.2, -0.15) is 0 Å². The smallest absolute Gasteiger partial charge is 0.259 e. The number of pyridine rings is 1. The molecule has 1 aromatic heterocycles. The monoisotopic (exact) mass is 205 g/mol. The Labute approximate surface area is 88.5 Å². The second-order valence-electron chi connectivity index (χ2n) is 4.13. The number of nitrogens with one attached hydrogen (secondary N) is 1. The van der Waals surface area contributed by atoms with E-state index in [0.717, 1.165) is 36.9 Å². The molecular formula is C12H15NO2. The van der Waals surface area contributed by atoms with Crippen LogP contribution < -0.4 is 5.56 Å². The van der Waals surface area contributed by atoms with Crippen LogP contribution in [0.5, 0.6) is 0 Å². The van der Waals surface area contributed by atoms with Gasteiger partial charge >= 0.3 is 0 Å². The van der Waals surface area contributed by atoms with Crippen LogP contribution in [0.3, 0.4) is 0 Å². The third-order valence-corrected chi connectivity index (χ3v) is 2.97. The topological polar surface area (TPSA) is 49.9 Å². The molecule has 0 atom stereocenters. The first-order valence-corrected chi connectivity index (χ1v) is 5.44. The normalized spacial score (nSPS) is 15.5. The van der Waals surface area contributed by atoms with Gasteiger partial charge in [-0.05, 0) is 44.2 Å². The molecule has 0 amide bonds. The van der Waals surface area contributed by atoms with E-state index in [1.807, 2.05) is 0 Å². The molecule has 2 rings (SSSR count). The fraction of sp³-hybridized carbons (Fsp3) is 0.500. The van der Waals surface area contributed by atoms with Gasteiger partial charge in [-0.15, -0.1) is 0 Å². The van der Waals surface area contributed by atoms with Crippen LogP contribution in [0.15, 0.2) is 10.9 Å². The molecule has 1 aliphatic carbocycles. The van der Waals surface area contributed by atoms with Crippen LogP contribution in [0.2, 0.25) is 0 Å². The summed E-state index contributed by atoms with van der Waals surface area (Å²) in [4.78, 5) is 25.6. The number of rotatable bonds is 1. The molecule has 1 N–H and O–H groups in total. The molecule has 0 aliphatic heterocycles. The quantitative estimate of drug-likeness (QED) is 0.562. The first-order chi connectivity index (χ1) is 7.18. The summed E-state index contributed by atoms with van der Waals surface area (Å²) in [7, 11) is 0. The minimum absolute atomic E-state index is 0.150. The van der Waals surface area contributed by atoms with Crippen LogP contribution >= 0.6 is 0 Å². The Balaban J connectivity index is 2.52. The van der Waals surface area contributed by atoms with Gasteiger partial charge in [-0.1, -0.05) is 6.42 Å². The van der Waals surface area contributed by atoms with Crippen molar-refractivity contribution in [3.05, 3.63) is 33.2 Å². The molecule has 3 nitrogen and oxygen atoms in total. The van der Waals surface area contributed by atoms with E-state index in [1.165, 1.54) is 13.3 Å². The number of hydrogen-bond acceptors (Lipinski definition) is 2. The Morgan fingerprint density at radius 1 is 1.27 bits per heavy atom. The summed E-state index contributed by atoms with van der Waals surface area (Å²) in [5.41, 5.74) is 2.25. The highest BCUT2D eigenvalue weighted by atomic mass is 16.1. The standard InChI is InChI=1S/C12H15NO2/c1-8(14)10-7-9-5-3-2-4-6-11(9)13-12(10)15/h7H,2-6H2,1H3,(H,13,15). The summed E-state index contributed by atoms with van der Waals surface area (Å²) < 4.78 is 0. The molecule has 0 spiro atoms. The van der Waals surface area contributed by atoms with Gasteiger partial charge < -0.3 is 4.98 Å². The van der Waals surface area contributed by atoms with Gasteiger partial charge in [-0.25, -0.2) is 0 Å². The first kappa shape index (κ1) is 10.1. The minimum Gasteiger partial charge on any atom is -0.325 e. The third kappa shape index (κ3) is 2.01. The van der Waals surface area contributed by atoms with Gasteiger partial charge in [-0.3, -0.25) is 9.59 Å². The van der Waals surface area contributed by atoms with E-state index in [9.17, 15) is 9.59 Å². The first-order valence-electron chi connectivity index (χ1n) is 5.44. The summed E-state index contributed by atoms with van der Waals surface area (Å²) in [5, 5.41) is 0. The molecule has 0 fully saturated rings. The molecule has 1 heterocycles. The SMILES string of the molecule is CC(=O)c1cc2c([nH]c1=O)CCCCC2. The molecule has 15 heavy (non-hydrogen) atoms. The Bertz CT molecular complexity index is 445. The van der Waals surface area contributed by atoms with E-state index < -0.39 is 0 Å². The molecular weight excluding hydrogens is 190 g/mol. The second-order valence-corrected chi connectivity index (χ2v) is 4.13. The molecule has 0 saturated carbocycles. The second kappa shape index (κ2) is 4.01. The minimum atomic E-state index is -0.233. The average molecular weight is 205 g/mol. The molecule has 1 aliphatic rings. The zero-order valence-electron chi connectivity index (χ0n) is 8.93. The van der Waals surface area contributed by atoms with Crippen LogP contribution in [0, 0.1) is 0 Å². The molecule has 0 aromatic carbocycles. The maximum Gasteiger partial charge on any atom is 0.259 e. The Hall–Kier alpha value is -1.38. The number of hydrogen-bond donors (Lipinski definition) is 1. The highest BCUT2D eigenvalue weighted by Crippen LogP contribution is 2.18. The fourth-order valence-corrected chi connectivity index (χ4v) is 2.11. The van der Waals surface area contributed by atoms with E-state index in [0.29, 0.717) is 5.56 Å². The van der Waals surface area contributed by atoms with E-state index >= 15 is 0 Å². The largest absolute Gasteiger partial charge is 0.325 e.